The Hall–Kier alpha value is -1.13. The van der Waals surface area contributed by atoms with Crippen LogP contribution in [-0.2, 0) is 12.6 Å². The number of rotatable bonds is 4. The number of alkyl halides is 3. The summed E-state index contributed by atoms with van der Waals surface area (Å²) in [4.78, 5) is 0. The van der Waals surface area contributed by atoms with E-state index in [1.165, 1.54) is 0 Å². The third-order valence-electron chi connectivity index (χ3n) is 3.76. The number of hydrogen-bond donors (Lipinski definition) is 0. The van der Waals surface area contributed by atoms with E-state index in [1.807, 2.05) is 27.7 Å². The van der Waals surface area contributed by atoms with Crippen molar-refractivity contribution in [2.45, 2.75) is 33.2 Å². The standard InChI is InChI=1S/C17H18F3IO3S/c1-11-5-7-15(9-13(11)3)21(24-25(22,23)17(18,19)20)16-8-6-12(2)14(4)10-16/h5-10H,1-4H3. The fraction of sp³-hybridized carbons (Fsp3) is 0.294. The third-order valence-corrected chi connectivity index (χ3v) is 10.7. The van der Waals surface area contributed by atoms with E-state index in [2.05, 4.69) is 0 Å². The summed E-state index contributed by atoms with van der Waals surface area (Å²) >= 11 is -3.30. The molecule has 25 heavy (non-hydrogen) atoms. The molecule has 0 amide bonds. The molecule has 0 aliphatic heterocycles. The fourth-order valence-corrected chi connectivity index (χ4v) is 8.83. The van der Waals surface area contributed by atoms with Gasteiger partial charge in [0.05, 0.1) is 0 Å². The molecule has 0 heterocycles. The Bertz CT molecular complexity index is 841. The Labute approximate surface area is 153 Å². The van der Waals surface area contributed by atoms with Crippen LogP contribution in [-0.4, -0.2) is 13.9 Å². The first-order valence-corrected chi connectivity index (χ1v) is 11.7. The minimum atomic E-state index is -5.67. The van der Waals surface area contributed by atoms with Gasteiger partial charge in [0.1, 0.15) is 0 Å². The first-order valence-electron chi connectivity index (χ1n) is 7.28. The molecule has 0 N–H and O–H groups in total. The average molecular weight is 486 g/mol. The van der Waals surface area contributed by atoms with Crippen LogP contribution in [0, 0.1) is 34.8 Å². The van der Waals surface area contributed by atoms with Crippen molar-refractivity contribution in [2.75, 3.05) is 0 Å². The van der Waals surface area contributed by atoms with Gasteiger partial charge >= 0.3 is 153 Å². The van der Waals surface area contributed by atoms with Crippen LogP contribution in [0.25, 0.3) is 0 Å². The molecule has 0 unspecified atom stereocenters. The number of benzene rings is 2. The summed E-state index contributed by atoms with van der Waals surface area (Å²) in [5.74, 6) is 0. The van der Waals surface area contributed by atoms with Crippen molar-refractivity contribution >= 4 is 30.4 Å². The average Bonchev–Trinajstić information content (AvgIpc) is 2.49. The molecule has 0 saturated carbocycles. The molecule has 0 fully saturated rings. The SMILES string of the molecule is Cc1ccc(I(OS(=O)(=O)C(F)(F)F)c2ccc(C)c(C)c2)cc1C. The summed E-state index contributed by atoms with van der Waals surface area (Å²) in [6.07, 6.45) is 0. The monoisotopic (exact) mass is 486 g/mol. The predicted octanol–water partition coefficient (Wildman–Crippen LogP) is 5.25. The van der Waals surface area contributed by atoms with Crippen LogP contribution < -0.4 is 0 Å². The Morgan fingerprint density at radius 2 is 1.20 bits per heavy atom. The molecule has 8 heteroatoms. The third kappa shape index (κ3) is 4.53. The van der Waals surface area contributed by atoms with Crippen LogP contribution in [0.15, 0.2) is 36.4 Å². The fourth-order valence-electron chi connectivity index (χ4n) is 1.94. The molecule has 0 radical (unpaired) electrons. The van der Waals surface area contributed by atoms with Crippen molar-refractivity contribution in [3.63, 3.8) is 0 Å². The summed E-state index contributed by atoms with van der Waals surface area (Å²) in [5.41, 5.74) is -1.76. The van der Waals surface area contributed by atoms with Crippen LogP contribution in [0.1, 0.15) is 22.3 Å². The maximum absolute atomic E-state index is 12.8. The van der Waals surface area contributed by atoms with Crippen molar-refractivity contribution in [3.05, 3.63) is 65.8 Å². The quantitative estimate of drug-likeness (QED) is 0.438. The zero-order chi connectivity index (χ0) is 19.0. The molecule has 0 saturated heterocycles. The Kier molecular flexibility index (Phi) is 5.85. The van der Waals surface area contributed by atoms with Crippen molar-refractivity contribution in [1.29, 1.82) is 0 Å². The second-order valence-electron chi connectivity index (χ2n) is 5.67. The number of aryl methyl sites for hydroxylation is 4. The molecule has 0 aliphatic rings. The van der Waals surface area contributed by atoms with Gasteiger partial charge in [0.15, 0.2) is 0 Å². The zero-order valence-electron chi connectivity index (χ0n) is 14.1. The zero-order valence-corrected chi connectivity index (χ0v) is 17.1. The van der Waals surface area contributed by atoms with Gasteiger partial charge in [-0.05, 0) is 0 Å². The van der Waals surface area contributed by atoms with E-state index in [9.17, 15) is 21.6 Å². The molecule has 0 aromatic heterocycles. The van der Waals surface area contributed by atoms with E-state index >= 15 is 0 Å². The Morgan fingerprint density at radius 1 is 0.800 bits per heavy atom. The van der Waals surface area contributed by atoms with Gasteiger partial charge in [-0.15, -0.1) is 0 Å². The van der Waals surface area contributed by atoms with E-state index in [0.29, 0.717) is 7.14 Å². The second kappa shape index (κ2) is 7.24. The molecular weight excluding hydrogens is 468 g/mol. The van der Waals surface area contributed by atoms with E-state index in [-0.39, 0.29) is 0 Å². The Morgan fingerprint density at radius 3 is 1.52 bits per heavy atom. The minimum absolute atomic E-state index is 0.503. The van der Waals surface area contributed by atoms with Gasteiger partial charge in [-0.3, -0.25) is 0 Å². The topological polar surface area (TPSA) is 43.4 Å². The first-order chi connectivity index (χ1) is 11.4. The van der Waals surface area contributed by atoms with E-state index in [0.717, 1.165) is 22.3 Å². The predicted molar refractivity (Wildman–Crippen MR) is 99.3 cm³/mol. The second-order valence-corrected chi connectivity index (χ2v) is 12.2. The van der Waals surface area contributed by atoms with E-state index in [4.69, 9.17) is 2.51 Å². The van der Waals surface area contributed by atoms with Crippen LogP contribution in [0.4, 0.5) is 13.2 Å². The van der Waals surface area contributed by atoms with Crippen LogP contribution in [0.5, 0.6) is 0 Å². The normalized spacial score (nSPS) is 13.0. The molecule has 0 atom stereocenters. The van der Waals surface area contributed by atoms with Gasteiger partial charge in [-0.2, -0.15) is 0 Å². The Balaban J connectivity index is 2.58. The first kappa shape index (κ1) is 20.2. The molecule has 138 valence electrons. The molecular formula is C17H18F3IO3S. The molecule has 0 aliphatic carbocycles. The molecule has 3 nitrogen and oxygen atoms in total. The molecule has 0 bridgehead atoms. The number of halogens is 4. The van der Waals surface area contributed by atoms with Crippen molar-refractivity contribution < 1.29 is 24.1 Å². The molecule has 2 aromatic rings. The van der Waals surface area contributed by atoms with Gasteiger partial charge in [0, 0.05) is 0 Å². The molecule has 0 spiro atoms. The summed E-state index contributed by atoms with van der Waals surface area (Å²) < 4.78 is 67.5. The van der Waals surface area contributed by atoms with Crippen LogP contribution in [0.3, 0.4) is 0 Å². The van der Waals surface area contributed by atoms with Gasteiger partial charge in [-0.25, -0.2) is 0 Å². The summed E-state index contributed by atoms with van der Waals surface area (Å²) in [6, 6.07) is 10.2. The van der Waals surface area contributed by atoms with Crippen molar-refractivity contribution in [3.8, 4) is 0 Å². The summed E-state index contributed by atoms with van der Waals surface area (Å²) in [5, 5.41) is 0. The van der Waals surface area contributed by atoms with Crippen molar-refractivity contribution in [1.82, 2.24) is 0 Å². The van der Waals surface area contributed by atoms with Gasteiger partial charge in [0.2, 0.25) is 0 Å². The van der Waals surface area contributed by atoms with Crippen molar-refractivity contribution in [2.24, 2.45) is 0 Å². The molecule has 2 rings (SSSR count). The summed E-state index contributed by atoms with van der Waals surface area (Å²) in [7, 11) is -5.67. The van der Waals surface area contributed by atoms with Crippen LogP contribution >= 0.6 is 20.2 Å². The maximum atomic E-state index is 12.8. The van der Waals surface area contributed by atoms with Gasteiger partial charge in [0.25, 0.3) is 0 Å². The van der Waals surface area contributed by atoms with Crippen LogP contribution in [0.2, 0.25) is 0 Å². The number of hydrogen-bond acceptors (Lipinski definition) is 3. The van der Waals surface area contributed by atoms with Gasteiger partial charge in [-0.1, -0.05) is 0 Å². The summed E-state index contributed by atoms with van der Waals surface area (Å²) in [6.45, 7) is 7.40. The van der Waals surface area contributed by atoms with Gasteiger partial charge < -0.3 is 0 Å². The van der Waals surface area contributed by atoms with E-state index < -0.39 is 35.9 Å². The van der Waals surface area contributed by atoms with E-state index in [1.54, 1.807) is 36.4 Å². The molecule has 2 aromatic carbocycles.